The third kappa shape index (κ3) is 4.23. The zero-order chi connectivity index (χ0) is 16.9. The molecule has 0 atom stereocenters. The summed E-state index contributed by atoms with van der Waals surface area (Å²) in [4.78, 5) is 22.3. The van der Waals surface area contributed by atoms with E-state index in [1.54, 1.807) is 23.1 Å². The van der Waals surface area contributed by atoms with Crippen LogP contribution in [0.1, 0.15) is 17.6 Å². The van der Waals surface area contributed by atoms with E-state index in [1.807, 2.05) is 22.9 Å². The molecule has 0 radical (unpaired) electrons. The normalized spacial score (nSPS) is 10.8. The molecule has 0 aliphatic rings. The maximum absolute atomic E-state index is 12.1. The van der Waals surface area contributed by atoms with E-state index in [4.69, 9.17) is 0 Å². The van der Waals surface area contributed by atoms with E-state index >= 15 is 0 Å². The number of benzene rings is 1. The monoisotopic (exact) mass is 375 g/mol. The molecule has 0 spiro atoms. The number of carbonyl (C=O) groups is 1. The fourth-order valence-electron chi connectivity index (χ4n) is 2.15. The van der Waals surface area contributed by atoms with Crippen LogP contribution in [0.2, 0.25) is 0 Å². The average molecular weight is 376 g/mol. The maximum atomic E-state index is 12.1. The van der Waals surface area contributed by atoms with Crippen LogP contribution >= 0.6 is 34.4 Å². The minimum absolute atomic E-state index is 0.0819. The number of thiazole rings is 2. The van der Waals surface area contributed by atoms with Crippen molar-refractivity contribution in [3.05, 3.63) is 45.7 Å². The maximum Gasteiger partial charge on any atom is 0.232 e. The van der Waals surface area contributed by atoms with Crippen LogP contribution in [-0.4, -0.2) is 22.1 Å². The Kier molecular flexibility index (Phi) is 5.65. The lowest BCUT2D eigenvalue weighted by molar-refractivity contribution is -0.115. The molecule has 3 rings (SSSR count). The van der Waals surface area contributed by atoms with Crippen LogP contribution < -0.4 is 5.32 Å². The third-order valence-electron chi connectivity index (χ3n) is 3.38. The van der Waals surface area contributed by atoms with E-state index in [-0.39, 0.29) is 12.3 Å². The van der Waals surface area contributed by atoms with Crippen LogP contribution in [0.3, 0.4) is 0 Å². The highest BCUT2D eigenvalue weighted by Gasteiger charge is 2.11. The van der Waals surface area contributed by atoms with Gasteiger partial charge in [0, 0.05) is 21.2 Å². The summed E-state index contributed by atoms with van der Waals surface area (Å²) in [5.74, 6) is -0.0819. The number of rotatable bonds is 6. The van der Waals surface area contributed by atoms with Crippen LogP contribution in [0.5, 0.6) is 0 Å². The van der Waals surface area contributed by atoms with Gasteiger partial charge in [-0.3, -0.25) is 4.79 Å². The summed E-state index contributed by atoms with van der Waals surface area (Å²) in [6.07, 6.45) is 3.24. The number of aryl methyl sites for hydroxylation is 1. The van der Waals surface area contributed by atoms with Gasteiger partial charge in [0.1, 0.15) is 0 Å². The number of hydrogen-bond acceptors (Lipinski definition) is 6. The Hall–Kier alpha value is -1.70. The third-order valence-corrected chi connectivity index (χ3v) is 5.92. The van der Waals surface area contributed by atoms with Crippen molar-refractivity contribution in [3.8, 4) is 11.3 Å². The van der Waals surface area contributed by atoms with Gasteiger partial charge in [-0.25, -0.2) is 9.97 Å². The number of hydrogen-bond donors (Lipinski definition) is 1. The van der Waals surface area contributed by atoms with Gasteiger partial charge in [0.15, 0.2) is 5.13 Å². The van der Waals surface area contributed by atoms with Gasteiger partial charge in [0.05, 0.1) is 22.8 Å². The molecule has 3 aromatic rings. The topological polar surface area (TPSA) is 54.9 Å². The minimum Gasteiger partial charge on any atom is -0.302 e. The number of aromatic nitrogens is 2. The second-order valence-electron chi connectivity index (χ2n) is 5.08. The molecule has 1 amide bonds. The largest absolute Gasteiger partial charge is 0.302 e. The van der Waals surface area contributed by atoms with Crippen molar-refractivity contribution in [1.29, 1.82) is 0 Å². The van der Waals surface area contributed by atoms with Crippen molar-refractivity contribution in [3.63, 3.8) is 0 Å². The Bertz CT molecular complexity index is 824. The molecule has 0 saturated carbocycles. The summed E-state index contributed by atoms with van der Waals surface area (Å²) in [5, 5.41) is 8.44. The first-order chi connectivity index (χ1) is 11.7. The van der Waals surface area contributed by atoms with E-state index in [2.05, 4.69) is 40.6 Å². The minimum atomic E-state index is -0.0819. The van der Waals surface area contributed by atoms with Gasteiger partial charge in [-0.05, 0) is 24.8 Å². The number of anilines is 1. The van der Waals surface area contributed by atoms with Crippen molar-refractivity contribution < 1.29 is 4.79 Å². The summed E-state index contributed by atoms with van der Waals surface area (Å²) in [5.41, 5.74) is 2.75. The van der Waals surface area contributed by atoms with E-state index < -0.39 is 0 Å². The lowest BCUT2D eigenvalue weighted by Gasteiger charge is -2.00. The van der Waals surface area contributed by atoms with Crippen LogP contribution in [0, 0.1) is 0 Å². The number of thioether (sulfide) groups is 1. The first kappa shape index (κ1) is 17.1. The SMILES string of the molecule is CCc1nc(CC(=O)Nc2nc(-c3ccc(SC)cc3)cs2)cs1. The van der Waals surface area contributed by atoms with Crippen LogP contribution in [0.25, 0.3) is 11.3 Å². The summed E-state index contributed by atoms with van der Waals surface area (Å²) in [6.45, 7) is 2.06. The Labute approximate surface area is 153 Å². The van der Waals surface area contributed by atoms with Gasteiger partial charge in [-0.1, -0.05) is 19.1 Å². The molecule has 2 aromatic heterocycles. The Balaban J connectivity index is 1.63. The summed E-state index contributed by atoms with van der Waals surface area (Å²) in [6, 6.07) is 8.25. The van der Waals surface area contributed by atoms with Gasteiger partial charge in [-0.15, -0.1) is 34.4 Å². The number of nitrogens with zero attached hydrogens (tertiary/aromatic N) is 2. The Morgan fingerprint density at radius 1 is 1.17 bits per heavy atom. The predicted octanol–water partition coefficient (Wildman–Crippen LogP) is 4.73. The van der Waals surface area contributed by atoms with Crippen molar-refractivity contribution in [1.82, 2.24) is 9.97 Å². The van der Waals surface area contributed by atoms with E-state index in [0.29, 0.717) is 5.13 Å². The molecule has 2 heterocycles. The lowest BCUT2D eigenvalue weighted by atomic mass is 10.2. The quantitative estimate of drug-likeness (QED) is 0.633. The molecule has 0 saturated heterocycles. The van der Waals surface area contributed by atoms with Crippen LogP contribution in [-0.2, 0) is 17.6 Å². The molecule has 0 unspecified atom stereocenters. The molecule has 24 heavy (non-hydrogen) atoms. The summed E-state index contributed by atoms with van der Waals surface area (Å²) in [7, 11) is 0. The van der Waals surface area contributed by atoms with Crippen molar-refractivity contribution in [2.24, 2.45) is 0 Å². The molecular formula is C17H17N3OS3. The molecule has 124 valence electrons. The number of nitrogens with one attached hydrogen (secondary N) is 1. The van der Waals surface area contributed by atoms with Gasteiger partial charge in [0.2, 0.25) is 5.91 Å². The fourth-order valence-corrected chi connectivity index (χ4v) is 4.03. The Morgan fingerprint density at radius 2 is 1.96 bits per heavy atom. The molecule has 0 aliphatic heterocycles. The molecule has 0 fully saturated rings. The smallest absolute Gasteiger partial charge is 0.232 e. The molecule has 7 heteroatoms. The molecular weight excluding hydrogens is 358 g/mol. The summed E-state index contributed by atoms with van der Waals surface area (Å²) < 4.78 is 0. The van der Waals surface area contributed by atoms with Crippen molar-refractivity contribution in [2.75, 3.05) is 11.6 Å². The number of carbonyl (C=O) groups excluding carboxylic acids is 1. The standard InChI is InChI=1S/C17H17N3OS3/c1-3-16-18-12(9-23-16)8-15(21)20-17-19-14(10-24-17)11-4-6-13(22-2)7-5-11/h4-7,9-10H,3,8H2,1-2H3,(H,19,20,21). The van der Waals surface area contributed by atoms with E-state index in [0.717, 1.165) is 28.4 Å². The summed E-state index contributed by atoms with van der Waals surface area (Å²) >= 11 is 4.74. The zero-order valence-corrected chi connectivity index (χ0v) is 15.9. The average Bonchev–Trinajstić information content (AvgIpc) is 3.24. The highest BCUT2D eigenvalue weighted by Crippen LogP contribution is 2.26. The van der Waals surface area contributed by atoms with Crippen LogP contribution in [0.15, 0.2) is 39.9 Å². The fraction of sp³-hybridized carbons (Fsp3) is 0.235. The van der Waals surface area contributed by atoms with Crippen molar-refractivity contribution in [2.45, 2.75) is 24.7 Å². The first-order valence-corrected chi connectivity index (χ1v) is 10.5. The highest BCUT2D eigenvalue weighted by atomic mass is 32.2. The first-order valence-electron chi connectivity index (χ1n) is 7.51. The highest BCUT2D eigenvalue weighted by molar-refractivity contribution is 7.98. The second-order valence-corrected chi connectivity index (χ2v) is 7.76. The molecule has 4 nitrogen and oxygen atoms in total. The van der Waals surface area contributed by atoms with Gasteiger partial charge >= 0.3 is 0 Å². The lowest BCUT2D eigenvalue weighted by Crippen LogP contribution is -2.14. The molecule has 0 bridgehead atoms. The van der Waals surface area contributed by atoms with Gasteiger partial charge in [-0.2, -0.15) is 0 Å². The van der Waals surface area contributed by atoms with E-state index in [9.17, 15) is 4.79 Å². The van der Waals surface area contributed by atoms with Gasteiger partial charge < -0.3 is 5.32 Å². The zero-order valence-electron chi connectivity index (χ0n) is 13.4. The molecule has 1 aromatic carbocycles. The molecule has 0 aliphatic carbocycles. The second kappa shape index (κ2) is 7.92. The number of amides is 1. The molecule has 1 N–H and O–H groups in total. The van der Waals surface area contributed by atoms with Gasteiger partial charge in [0.25, 0.3) is 0 Å². The Morgan fingerprint density at radius 3 is 2.62 bits per heavy atom. The van der Waals surface area contributed by atoms with Crippen LogP contribution in [0.4, 0.5) is 5.13 Å². The van der Waals surface area contributed by atoms with Crippen molar-refractivity contribution >= 4 is 45.5 Å². The predicted molar refractivity (Wildman–Crippen MR) is 103 cm³/mol. The van der Waals surface area contributed by atoms with E-state index in [1.165, 1.54) is 16.2 Å².